The molecule has 0 saturated heterocycles. The normalized spacial score (nSPS) is 57.8. The highest BCUT2D eigenvalue weighted by Gasteiger charge is 2.66. The predicted molar refractivity (Wildman–Crippen MR) is 107 cm³/mol. The molecule has 4 saturated carbocycles. The summed E-state index contributed by atoms with van der Waals surface area (Å²) in [7, 11) is 0. The molecule has 0 bridgehead atoms. The van der Waals surface area contributed by atoms with Gasteiger partial charge in [-0.15, -0.1) is 0 Å². The predicted octanol–water partition coefficient (Wildman–Crippen LogP) is 5.56. The number of fused-ring (bicyclic) bond motifs is 5. The molecule has 26 heavy (non-hydrogen) atoms. The number of hydrogen-bond donors (Lipinski definition) is 2. The van der Waals surface area contributed by atoms with E-state index in [1.54, 1.807) is 0 Å². The van der Waals surface area contributed by atoms with Crippen LogP contribution < -0.4 is 0 Å². The Morgan fingerprint density at radius 3 is 2.23 bits per heavy atom. The summed E-state index contributed by atoms with van der Waals surface area (Å²) in [5, 5.41) is 21.2. The van der Waals surface area contributed by atoms with Crippen LogP contribution in [-0.2, 0) is 0 Å². The van der Waals surface area contributed by atoms with Gasteiger partial charge in [0.2, 0.25) is 0 Å². The molecule has 0 spiro atoms. The Kier molecular flexibility index (Phi) is 4.41. The zero-order valence-electron chi connectivity index (χ0n) is 17.9. The maximum atomic E-state index is 10.7. The Hall–Kier alpha value is -0.0800. The van der Waals surface area contributed by atoms with Crippen molar-refractivity contribution in [3.8, 4) is 0 Å². The summed E-state index contributed by atoms with van der Waals surface area (Å²) in [4.78, 5) is 0. The quantitative estimate of drug-likeness (QED) is 0.675. The van der Waals surface area contributed by atoms with E-state index in [0.29, 0.717) is 22.2 Å². The van der Waals surface area contributed by atoms with E-state index in [4.69, 9.17) is 0 Å². The van der Waals surface area contributed by atoms with Gasteiger partial charge >= 0.3 is 0 Å². The van der Waals surface area contributed by atoms with E-state index < -0.39 is 5.60 Å². The summed E-state index contributed by atoms with van der Waals surface area (Å²) in [6, 6.07) is 0. The largest absolute Gasteiger partial charge is 0.393 e. The van der Waals surface area contributed by atoms with Crippen LogP contribution in [0.1, 0.15) is 98.8 Å². The summed E-state index contributed by atoms with van der Waals surface area (Å²) in [6.07, 6.45) is 12.2. The zero-order chi connectivity index (χ0) is 19.0. The van der Waals surface area contributed by atoms with Gasteiger partial charge in [0, 0.05) is 0 Å². The van der Waals surface area contributed by atoms with Crippen molar-refractivity contribution in [3.63, 3.8) is 0 Å². The molecule has 2 heteroatoms. The molecule has 9 atom stereocenters. The number of aliphatic hydroxyl groups is 2. The summed E-state index contributed by atoms with van der Waals surface area (Å²) < 4.78 is 0. The third-order valence-electron chi connectivity index (χ3n) is 10.8. The molecule has 2 unspecified atom stereocenters. The van der Waals surface area contributed by atoms with Gasteiger partial charge in [0.25, 0.3) is 0 Å². The number of rotatable bonds is 2. The van der Waals surface area contributed by atoms with Gasteiger partial charge in [-0.25, -0.2) is 0 Å². The summed E-state index contributed by atoms with van der Waals surface area (Å²) in [6.45, 7) is 11.6. The van der Waals surface area contributed by atoms with E-state index >= 15 is 0 Å². The average molecular weight is 363 g/mol. The standard InChI is InChI=1S/C24H42O2/c1-6-24-14-13-21(3,26)15-17(24)7-8-19-20(24)10-12-22(4)18(16(2)25)9-11-23(19,22)5/h16-20,25-26H,6-15H2,1-5H3/t16?,17-,18?,19-,20+,21-,22-,23+,24+/m1/s1. The molecule has 2 N–H and O–H groups in total. The molecule has 0 aromatic rings. The molecule has 0 aromatic carbocycles. The van der Waals surface area contributed by atoms with Crippen molar-refractivity contribution >= 4 is 0 Å². The second-order valence-electron chi connectivity index (χ2n) is 11.5. The Morgan fingerprint density at radius 2 is 1.58 bits per heavy atom. The first-order chi connectivity index (χ1) is 12.1. The molecule has 4 rings (SSSR count). The molecule has 0 radical (unpaired) electrons. The molecule has 0 amide bonds. The minimum absolute atomic E-state index is 0.167. The molecule has 4 fully saturated rings. The molecular formula is C24H42O2. The van der Waals surface area contributed by atoms with Gasteiger partial charge in [-0.1, -0.05) is 20.8 Å². The van der Waals surface area contributed by atoms with Crippen molar-refractivity contribution in [2.75, 3.05) is 0 Å². The second-order valence-corrected chi connectivity index (χ2v) is 11.5. The van der Waals surface area contributed by atoms with Crippen molar-refractivity contribution in [2.24, 2.45) is 39.9 Å². The summed E-state index contributed by atoms with van der Waals surface area (Å²) in [5.41, 5.74) is 0.737. The molecule has 150 valence electrons. The van der Waals surface area contributed by atoms with Gasteiger partial charge in [-0.05, 0) is 118 Å². The Labute approximate surface area is 161 Å². The van der Waals surface area contributed by atoms with Crippen LogP contribution >= 0.6 is 0 Å². The maximum absolute atomic E-state index is 10.7. The number of hydrogen-bond acceptors (Lipinski definition) is 2. The van der Waals surface area contributed by atoms with E-state index in [0.717, 1.165) is 30.6 Å². The first kappa shape index (κ1) is 19.2. The monoisotopic (exact) mass is 362 g/mol. The fourth-order valence-electron chi connectivity index (χ4n) is 9.17. The molecule has 0 heterocycles. The van der Waals surface area contributed by atoms with E-state index in [1.807, 2.05) is 6.92 Å². The van der Waals surface area contributed by atoms with E-state index in [2.05, 4.69) is 27.7 Å². The average Bonchev–Trinajstić information content (AvgIpc) is 2.85. The first-order valence-electron chi connectivity index (χ1n) is 11.5. The van der Waals surface area contributed by atoms with Crippen LogP contribution in [0, 0.1) is 39.9 Å². The highest BCUT2D eigenvalue weighted by molar-refractivity contribution is 5.15. The number of aliphatic hydroxyl groups excluding tert-OH is 1. The van der Waals surface area contributed by atoms with Crippen molar-refractivity contribution in [2.45, 2.75) is 111 Å². The van der Waals surface area contributed by atoms with Crippen LogP contribution in [-0.4, -0.2) is 21.9 Å². The first-order valence-corrected chi connectivity index (χ1v) is 11.5. The molecule has 0 aromatic heterocycles. The van der Waals surface area contributed by atoms with E-state index in [-0.39, 0.29) is 6.10 Å². The van der Waals surface area contributed by atoms with Crippen molar-refractivity contribution in [1.29, 1.82) is 0 Å². The van der Waals surface area contributed by atoms with Gasteiger partial charge in [-0.3, -0.25) is 0 Å². The Bertz CT molecular complexity index is 552. The maximum Gasteiger partial charge on any atom is 0.0622 e. The van der Waals surface area contributed by atoms with Crippen LogP contribution in [0.3, 0.4) is 0 Å². The van der Waals surface area contributed by atoms with Gasteiger partial charge in [0.05, 0.1) is 11.7 Å². The highest BCUT2D eigenvalue weighted by atomic mass is 16.3. The minimum Gasteiger partial charge on any atom is -0.393 e. The van der Waals surface area contributed by atoms with Crippen LogP contribution in [0.15, 0.2) is 0 Å². The lowest BCUT2D eigenvalue weighted by molar-refractivity contribution is -0.186. The van der Waals surface area contributed by atoms with Gasteiger partial charge < -0.3 is 10.2 Å². The smallest absolute Gasteiger partial charge is 0.0622 e. The van der Waals surface area contributed by atoms with Crippen LogP contribution in [0.5, 0.6) is 0 Å². The fraction of sp³-hybridized carbons (Fsp3) is 1.00. The lowest BCUT2D eigenvalue weighted by Gasteiger charge is -2.66. The van der Waals surface area contributed by atoms with Gasteiger partial charge in [0.15, 0.2) is 0 Å². The van der Waals surface area contributed by atoms with Crippen LogP contribution in [0.4, 0.5) is 0 Å². The van der Waals surface area contributed by atoms with Crippen LogP contribution in [0.25, 0.3) is 0 Å². The molecule has 2 nitrogen and oxygen atoms in total. The topological polar surface area (TPSA) is 40.5 Å². The molecule has 0 aliphatic heterocycles. The van der Waals surface area contributed by atoms with Gasteiger partial charge in [-0.2, -0.15) is 0 Å². The fourth-order valence-corrected chi connectivity index (χ4v) is 9.17. The minimum atomic E-state index is -0.436. The third kappa shape index (κ3) is 2.36. The van der Waals surface area contributed by atoms with Crippen molar-refractivity contribution < 1.29 is 10.2 Å². The molecule has 4 aliphatic rings. The van der Waals surface area contributed by atoms with Crippen LogP contribution in [0.2, 0.25) is 0 Å². The van der Waals surface area contributed by atoms with Gasteiger partial charge in [0.1, 0.15) is 0 Å². The Morgan fingerprint density at radius 1 is 0.885 bits per heavy atom. The van der Waals surface area contributed by atoms with Crippen molar-refractivity contribution in [3.05, 3.63) is 0 Å². The van der Waals surface area contributed by atoms with E-state index in [9.17, 15) is 10.2 Å². The summed E-state index contributed by atoms with van der Waals surface area (Å²) >= 11 is 0. The lowest BCUT2D eigenvalue weighted by Crippen LogP contribution is -2.59. The zero-order valence-corrected chi connectivity index (χ0v) is 17.9. The Balaban J connectivity index is 1.68. The summed E-state index contributed by atoms with van der Waals surface area (Å²) in [5.74, 6) is 2.87. The highest BCUT2D eigenvalue weighted by Crippen LogP contribution is 2.73. The van der Waals surface area contributed by atoms with E-state index in [1.165, 1.54) is 51.4 Å². The lowest BCUT2D eigenvalue weighted by atomic mass is 9.39. The molecular weight excluding hydrogens is 320 g/mol. The second kappa shape index (κ2) is 5.96. The molecule has 4 aliphatic carbocycles. The third-order valence-corrected chi connectivity index (χ3v) is 10.8. The van der Waals surface area contributed by atoms with Crippen molar-refractivity contribution in [1.82, 2.24) is 0 Å². The SMILES string of the molecule is CC[C@]12CC[C@@](C)(O)C[C@H]1CC[C@@H]1[C@@H]2CC[C@]2(C)C(C(C)O)CC[C@@]12C.